The zero-order valence-corrected chi connectivity index (χ0v) is 13.2. The summed E-state index contributed by atoms with van der Waals surface area (Å²) in [6.07, 6.45) is 1.09. The molecule has 0 bridgehead atoms. The average Bonchev–Trinajstić information content (AvgIpc) is 2.39. The fourth-order valence-electron chi connectivity index (χ4n) is 1.59. The number of anilines is 1. The predicted octanol–water partition coefficient (Wildman–Crippen LogP) is 3.20. The highest BCUT2D eigenvalue weighted by Crippen LogP contribution is 2.33. The number of nitrogens with one attached hydrogen (secondary N) is 1. The lowest BCUT2D eigenvalue weighted by molar-refractivity contribution is 0.308. The zero-order valence-electron chi connectivity index (χ0n) is 10.8. The molecule has 1 N–H and O–H groups in total. The van der Waals surface area contributed by atoms with Crippen LogP contribution in [0.15, 0.2) is 46.9 Å². The summed E-state index contributed by atoms with van der Waals surface area (Å²) >= 11 is 3.26. The van der Waals surface area contributed by atoms with Gasteiger partial charge in [-0.25, -0.2) is 8.42 Å². The van der Waals surface area contributed by atoms with E-state index in [1.54, 1.807) is 12.1 Å². The van der Waals surface area contributed by atoms with Crippen LogP contribution in [0.5, 0.6) is 5.75 Å². The Labute approximate surface area is 127 Å². The van der Waals surface area contributed by atoms with Gasteiger partial charge >= 0.3 is 0 Å². The second-order valence-corrected chi connectivity index (χ2v) is 6.72. The summed E-state index contributed by atoms with van der Waals surface area (Å²) < 4.78 is 31.4. The zero-order chi connectivity index (χ0) is 14.6. The molecule has 4 nitrogen and oxygen atoms in total. The van der Waals surface area contributed by atoms with Gasteiger partial charge in [-0.1, -0.05) is 30.3 Å². The third kappa shape index (κ3) is 4.25. The van der Waals surface area contributed by atoms with Crippen molar-refractivity contribution in [2.45, 2.75) is 6.61 Å². The molecule has 0 amide bonds. The van der Waals surface area contributed by atoms with E-state index in [-0.39, 0.29) is 0 Å². The quantitative estimate of drug-likeness (QED) is 0.896. The Bertz CT molecular complexity index is 687. The highest BCUT2D eigenvalue weighted by atomic mass is 79.9. The van der Waals surface area contributed by atoms with E-state index in [1.165, 1.54) is 0 Å². The molecule has 1 radical (unpaired) electrons. The smallest absolute Gasteiger partial charge is 0.229 e. The Kier molecular flexibility index (Phi) is 4.67. The minimum atomic E-state index is -3.39. The Balaban J connectivity index is 2.21. The Morgan fingerprint density at radius 2 is 1.95 bits per heavy atom. The first-order valence-corrected chi connectivity index (χ1v) is 8.49. The van der Waals surface area contributed by atoms with Crippen LogP contribution in [0.25, 0.3) is 0 Å². The summed E-state index contributed by atoms with van der Waals surface area (Å²) in [7, 11) is -3.39. The van der Waals surface area contributed by atoms with Crippen LogP contribution in [-0.4, -0.2) is 14.7 Å². The molecule has 105 valence electrons. The van der Waals surface area contributed by atoms with Crippen LogP contribution < -0.4 is 9.46 Å². The van der Waals surface area contributed by atoms with Crippen molar-refractivity contribution in [3.8, 4) is 5.75 Å². The Morgan fingerprint density at radius 1 is 1.25 bits per heavy atom. The predicted molar refractivity (Wildman–Crippen MR) is 82.2 cm³/mol. The van der Waals surface area contributed by atoms with Crippen LogP contribution in [0.3, 0.4) is 0 Å². The highest BCUT2D eigenvalue weighted by molar-refractivity contribution is 9.10. The van der Waals surface area contributed by atoms with Crippen molar-refractivity contribution in [3.05, 3.63) is 58.6 Å². The number of ether oxygens (including phenoxy) is 1. The molecule has 20 heavy (non-hydrogen) atoms. The normalized spacial score (nSPS) is 11.1. The van der Waals surface area contributed by atoms with E-state index in [1.807, 2.05) is 30.3 Å². The summed E-state index contributed by atoms with van der Waals surface area (Å²) in [5, 5.41) is 0. The van der Waals surface area contributed by atoms with E-state index in [4.69, 9.17) is 4.74 Å². The molecule has 0 heterocycles. The molecular formula is C14H13BrNO3S. The monoisotopic (exact) mass is 354 g/mol. The molecule has 0 aliphatic heterocycles. The lowest BCUT2D eigenvalue weighted by Gasteiger charge is -2.13. The van der Waals surface area contributed by atoms with Crippen LogP contribution >= 0.6 is 15.9 Å². The van der Waals surface area contributed by atoms with Crippen LogP contribution in [0.2, 0.25) is 0 Å². The van der Waals surface area contributed by atoms with Crippen LogP contribution in [-0.2, 0) is 16.6 Å². The fourth-order valence-corrected chi connectivity index (χ4v) is 2.72. The van der Waals surface area contributed by atoms with Gasteiger partial charge in [-0.2, -0.15) is 0 Å². The van der Waals surface area contributed by atoms with Gasteiger partial charge in [-0.3, -0.25) is 4.72 Å². The summed E-state index contributed by atoms with van der Waals surface area (Å²) in [6, 6.07) is 15.8. The lowest BCUT2D eigenvalue weighted by Crippen LogP contribution is -2.11. The standard InChI is InChI=1S/C14H13BrNO3S/c1-20(17,18)16-14-12(15)8-5-9-13(14)19-10-11-6-3-2-4-7-11/h2-7,9,16H,10H2,1H3. The maximum atomic E-state index is 11.4. The van der Waals surface area contributed by atoms with Crippen molar-refractivity contribution >= 4 is 31.6 Å². The molecule has 0 aliphatic carbocycles. The van der Waals surface area contributed by atoms with Crippen molar-refractivity contribution < 1.29 is 13.2 Å². The van der Waals surface area contributed by atoms with E-state index in [0.717, 1.165) is 11.8 Å². The molecule has 0 aliphatic rings. The van der Waals surface area contributed by atoms with E-state index in [2.05, 4.69) is 26.7 Å². The van der Waals surface area contributed by atoms with Crippen molar-refractivity contribution in [2.24, 2.45) is 0 Å². The summed E-state index contributed by atoms with van der Waals surface area (Å²) in [4.78, 5) is 0. The maximum absolute atomic E-state index is 11.4. The van der Waals surface area contributed by atoms with E-state index in [9.17, 15) is 8.42 Å². The average molecular weight is 355 g/mol. The molecular weight excluding hydrogens is 342 g/mol. The molecule has 6 heteroatoms. The van der Waals surface area contributed by atoms with Crippen molar-refractivity contribution in [3.63, 3.8) is 0 Å². The lowest BCUT2D eigenvalue weighted by atomic mass is 10.2. The first kappa shape index (κ1) is 14.9. The van der Waals surface area contributed by atoms with E-state index < -0.39 is 10.0 Å². The third-order valence-electron chi connectivity index (χ3n) is 2.44. The minimum Gasteiger partial charge on any atom is -0.487 e. The molecule has 2 aromatic carbocycles. The van der Waals surface area contributed by atoms with Gasteiger partial charge in [0, 0.05) is 0 Å². The number of hydrogen-bond donors (Lipinski definition) is 1. The van der Waals surface area contributed by atoms with E-state index >= 15 is 0 Å². The van der Waals surface area contributed by atoms with Gasteiger partial charge in [-0.15, -0.1) is 0 Å². The van der Waals surface area contributed by atoms with Gasteiger partial charge in [-0.05, 0) is 39.7 Å². The summed E-state index contributed by atoms with van der Waals surface area (Å²) in [5.41, 5.74) is 1.35. The van der Waals surface area contributed by atoms with Crippen LogP contribution in [0.4, 0.5) is 5.69 Å². The second-order valence-electron chi connectivity index (χ2n) is 4.18. The molecule has 0 aromatic heterocycles. The van der Waals surface area contributed by atoms with Gasteiger partial charge in [0.15, 0.2) is 0 Å². The molecule has 0 saturated carbocycles. The number of sulfonamides is 1. The molecule has 0 unspecified atom stereocenters. The summed E-state index contributed by atoms with van der Waals surface area (Å²) in [6.45, 7) is 0.357. The molecule has 2 aromatic rings. The number of hydrogen-bond acceptors (Lipinski definition) is 3. The third-order valence-corrected chi connectivity index (χ3v) is 3.64. The Hall–Kier alpha value is -1.53. The van der Waals surface area contributed by atoms with Crippen molar-refractivity contribution in [1.29, 1.82) is 0 Å². The molecule has 2 rings (SSSR count). The number of benzene rings is 2. The van der Waals surface area contributed by atoms with E-state index in [0.29, 0.717) is 22.5 Å². The first-order chi connectivity index (χ1) is 9.46. The first-order valence-electron chi connectivity index (χ1n) is 5.80. The number of rotatable bonds is 5. The molecule has 0 fully saturated rings. The van der Waals surface area contributed by atoms with Gasteiger partial charge < -0.3 is 4.74 Å². The van der Waals surface area contributed by atoms with Gasteiger partial charge in [0.2, 0.25) is 10.0 Å². The largest absolute Gasteiger partial charge is 0.487 e. The second kappa shape index (κ2) is 6.28. The SMILES string of the molecule is CS(=O)(=O)Nc1c(Br)[c]ccc1OCc1ccccc1. The summed E-state index contributed by atoms with van der Waals surface area (Å²) in [5.74, 6) is 0.449. The number of halogens is 1. The van der Waals surface area contributed by atoms with Crippen LogP contribution in [0.1, 0.15) is 5.56 Å². The molecule has 0 saturated heterocycles. The fraction of sp³-hybridized carbons (Fsp3) is 0.143. The topological polar surface area (TPSA) is 55.4 Å². The maximum Gasteiger partial charge on any atom is 0.229 e. The van der Waals surface area contributed by atoms with Gasteiger partial charge in [0.1, 0.15) is 18.0 Å². The van der Waals surface area contributed by atoms with Crippen molar-refractivity contribution in [2.75, 3.05) is 11.0 Å². The highest BCUT2D eigenvalue weighted by Gasteiger charge is 2.12. The van der Waals surface area contributed by atoms with Gasteiger partial charge in [0.25, 0.3) is 0 Å². The van der Waals surface area contributed by atoms with Crippen molar-refractivity contribution in [1.82, 2.24) is 0 Å². The van der Waals surface area contributed by atoms with Gasteiger partial charge in [0.05, 0.1) is 10.7 Å². The Morgan fingerprint density at radius 3 is 2.60 bits per heavy atom. The molecule has 0 spiro atoms. The van der Waals surface area contributed by atoms with Crippen LogP contribution in [0, 0.1) is 6.07 Å². The molecule has 0 atom stereocenters. The minimum absolute atomic E-state index is 0.353.